The Bertz CT molecular complexity index is 1490. The van der Waals surface area contributed by atoms with Crippen molar-refractivity contribution < 1.29 is 9.53 Å². The summed E-state index contributed by atoms with van der Waals surface area (Å²) in [7, 11) is 3.37. The Labute approximate surface area is 237 Å². The molecule has 2 heterocycles. The first kappa shape index (κ1) is 28.1. The highest BCUT2D eigenvalue weighted by Gasteiger charge is 2.41. The van der Waals surface area contributed by atoms with Crippen LogP contribution in [0.15, 0.2) is 42.7 Å². The Morgan fingerprint density at radius 1 is 1.10 bits per heavy atom. The van der Waals surface area contributed by atoms with Gasteiger partial charge in [0.2, 0.25) is 0 Å². The summed E-state index contributed by atoms with van der Waals surface area (Å²) in [5.41, 5.74) is 6.69. The van der Waals surface area contributed by atoms with E-state index in [2.05, 4.69) is 65.3 Å². The Balaban J connectivity index is 1.53. The maximum atomic E-state index is 13.2. The highest BCUT2D eigenvalue weighted by Crippen LogP contribution is 2.44. The summed E-state index contributed by atoms with van der Waals surface area (Å²) in [5.74, 6) is 1.44. The maximum absolute atomic E-state index is 13.2. The topological polar surface area (TPSA) is 74.8 Å². The zero-order chi connectivity index (χ0) is 28.4. The lowest BCUT2D eigenvalue weighted by Gasteiger charge is -2.34. The smallest absolute Gasteiger partial charge is 0.312 e. The van der Waals surface area contributed by atoms with Crippen LogP contribution in [0.25, 0.3) is 11.0 Å². The predicted molar refractivity (Wildman–Crippen MR) is 158 cm³/mol. The lowest BCUT2D eigenvalue weighted by molar-refractivity contribution is -0.151. The average Bonchev–Trinajstić information content (AvgIpc) is 3.44. The van der Waals surface area contributed by atoms with E-state index in [1.54, 1.807) is 4.68 Å². The first-order chi connectivity index (χ1) is 19.2. The van der Waals surface area contributed by atoms with Gasteiger partial charge >= 0.3 is 5.97 Å². The second-order valence-electron chi connectivity index (χ2n) is 12.2. The molecular weight excluding hydrogens is 498 g/mol. The molecule has 2 aromatic heterocycles. The number of methoxy groups -OCH3 is 1. The highest BCUT2D eigenvalue weighted by atomic mass is 16.5. The lowest BCUT2D eigenvalue weighted by Crippen LogP contribution is -2.34. The predicted octanol–water partition coefficient (Wildman–Crippen LogP) is 6.67. The molecule has 0 bridgehead atoms. The quantitative estimate of drug-likeness (QED) is 0.184. The van der Waals surface area contributed by atoms with E-state index in [1.165, 1.54) is 62.6 Å². The van der Waals surface area contributed by atoms with Crippen molar-refractivity contribution in [3.8, 4) is 0 Å². The van der Waals surface area contributed by atoms with Gasteiger partial charge in [-0.2, -0.15) is 0 Å². The molecule has 2 aromatic carbocycles. The third-order valence-electron chi connectivity index (χ3n) is 9.12. The third kappa shape index (κ3) is 5.43. The van der Waals surface area contributed by atoms with E-state index in [9.17, 15) is 4.79 Å². The number of ether oxygens (including phenoxy) is 1. The van der Waals surface area contributed by atoms with Crippen molar-refractivity contribution in [2.24, 2.45) is 18.4 Å². The molecule has 1 unspecified atom stereocenters. The third-order valence-corrected chi connectivity index (χ3v) is 9.12. The van der Waals surface area contributed by atoms with Crippen LogP contribution in [0.1, 0.15) is 91.9 Å². The lowest BCUT2D eigenvalue weighted by atomic mass is 9.69. The van der Waals surface area contributed by atoms with Gasteiger partial charge in [0.1, 0.15) is 11.3 Å². The number of esters is 1. The van der Waals surface area contributed by atoms with Crippen LogP contribution in [0, 0.1) is 25.2 Å². The minimum Gasteiger partial charge on any atom is -0.469 e. The zero-order valence-electron chi connectivity index (χ0n) is 24.9. The largest absolute Gasteiger partial charge is 0.469 e. The number of hydrogen-bond donors (Lipinski definition) is 0. The van der Waals surface area contributed by atoms with Crippen molar-refractivity contribution in [1.82, 2.24) is 24.5 Å². The molecule has 0 N–H and O–H groups in total. The van der Waals surface area contributed by atoms with Crippen LogP contribution < -0.4 is 0 Å². The van der Waals surface area contributed by atoms with E-state index in [4.69, 9.17) is 9.72 Å². The standard InChI is InChI=1S/C33H43N5O2/c1-22-13-14-25(20-26(22)21-38-18-17-34-29(38)19-24-11-9-7-8-10-12-24)30(33(3,4)32(39)40-6)27-15-16-28-31(23(27)2)35-36-37(28)5/h13-18,20,24,30H,7-12,19,21H2,1-6H3. The van der Waals surface area contributed by atoms with Crippen molar-refractivity contribution in [3.63, 3.8) is 0 Å². The first-order valence-electron chi connectivity index (χ1n) is 14.7. The minimum absolute atomic E-state index is 0.223. The Morgan fingerprint density at radius 3 is 2.58 bits per heavy atom. The number of aryl methyl sites for hydroxylation is 3. The highest BCUT2D eigenvalue weighted by molar-refractivity contribution is 5.82. The van der Waals surface area contributed by atoms with Gasteiger partial charge in [0.05, 0.1) is 18.0 Å². The molecule has 7 heteroatoms. The molecule has 1 fully saturated rings. The van der Waals surface area contributed by atoms with E-state index in [0.29, 0.717) is 0 Å². The molecule has 1 aliphatic rings. The number of carbonyl (C=O) groups is 1. The normalized spacial score (nSPS) is 15.8. The fourth-order valence-electron chi connectivity index (χ4n) is 6.65. The molecule has 0 spiro atoms. The zero-order valence-corrected chi connectivity index (χ0v) is 24.9. The summed E-state index contributed by atoms with van der Waals surface area (Å²) >= 11 is 0. The van der Waals surface area contributed by atoms with E-state index >= 15 is 0 Å². The molecule has 40 heavy (non-hydrogen) atoms. The summed E-state index contributed by atoms with van der Waals surface area (Å²) in [6.07, 6.45) is 13.1. The molecule has 0 amide bonds. The van der Waals surface area contributed by atoms with Crippen LogP contribution >= 0.6 is 0 Å². The second-order valence-corrected chi connectivity index (χ2v) is 12.2. The van der Waals surface area contributed by atoms with E-state index < -0.39 is 5.41 Å². The molecule has 1 saturated carbocycles. The number of benzene rings is 2. The molecule has 4 aromatic rings. The van der Waals surface area contributed by atoms with Crippen LogP contribution in [-0.4, -0.2) is 37.6 Å². The summed E-state index contributed by atoms with van der Waals surface area (Å²) in [4.78, 5) is 18.0. The Kier molecular flexibility index (Phi) is 8.11. The van der Waals surface area contributed by atoms with Gasteiger partial charge in [-0.15, -0.1) is 5.10 Å². The van der Waals surface area contributed by atoms with E-state index in [-0.39, 0.29) is 11.9 Å². The van der Waals surface area contributed by atoms with E-state index in [1.807, 2.05) is 27.1 Å². The van der Waals surface area contributed by atoms with Crippen LogP contribution in [0.5, 0.6) is 0 Å². The molecule has 0 aliphatic heterocycles. The van der Waals surface area contributed by atoms with Gasteiger partial charge in [0.15, 0.2) is 0 Å². The molecule has 5 rings (SSSR count). The number of imidazole rings is 1. The van der Waals surface area contributed by atoms with Gasteiger partial charge in [-0.1, -0.05) is 68.0 Å². The average molecular weight is 542 g/mol. The van der Waals surface area contributed by atoms with Crippen molar-refractivity contribution >= 4 is 17.0 Å². The summed E-state index contributed by atoms with van der Waals surface area (Å²) in [5, 5.41) is 8.67. The number of aromatic nitrogens is 5. The minimum atomic E-state index is -0.804. The van der Waals surface area contributed by atoms with Crippen LogP contribution in [-0.2, 0) is 29.5 Å². The van der Waals surface area contributed by atoms with Gasteiger partial charge in [-0.3, -0.25) is 4.79 Å². The maximum Gasteiger partial charge on any atom is 0.312 e. The Morgan fingerprint density at radius 2 is 1.85 bits per heavy atom. The second kappa shape index (κ2) is 11.6. The van der Waals surface area contributed by atoms with Crippen molar-refractivity contribution in [3.05, 3.63) is 76.4 Å². The fraction of sp³-hybridized carbons (Fsp3) is 0.515. The number of fused-ring (bicyclic) bond motifs is 1. The van der Waals surface area contributed by atoms with Crippen molar-refractivity contribution in [1.29, 1.82) is 0 Å². The number of rotatable bonds is 8. The van der Waals surface area contributed by atoms with Gasteiger partial charge in [0, 0.05) is 38.3 Å². The fourth-order valence-corrected chi connectivity index (χ4v) is 6.65. The van der Waals surface area contributed by atoms with E-state index in [0.717, 1.165) is 46.6 Å². The van der Waals surface area contributed by atoms with Gasteiger partial charge in [-0.25, -0.2) is 9.67 Å². The number of hydrogen-bond acceptors (Lipinski definition) is 5. The summed E-state index contributed by atoms with van der Waals surface area (Å²) in [6, 6.07) is 10.8. The van der Waals surface area contributed by atoms with Crippen LogP contribution in [0.4, 0.5) is 0 Å². The summed E-state index contributed by atoms with van der Waals surface area (Å²) < 4.78 is 9.42. The van der Waals surface area contributed by atoms with Crippen LogP contribution in [0.3, 0.4) is 0 Å². The molecule has 1 aliphatic carbocycles. The molecule has 1 atom stereocenters. The first-order valence-corrected chi connectivity index (χ1v) is 14.7. The molecule has 212 valence electrons. The van der Waals surface area contributed by atoms with Gasteiger partial charge in [-0.05, 0) is 67.5 Å². The van der Waals surface area contributed by atoms with Crippen molar-refractivity contribution in [2.45, 2.75) is 85.1 Å². The van der Waals surface area contributed by atoms with Crippen LogP contribution in [0.2, 0.25) is 0 Å². The molecule has 7 nitrogen and oxygen atoms in total. The SMILES string of the molecule is COC(=O)C(C)(C)C(c1ccc(C)c(Cn2ccnc2CC2CCCCCC2)c1)c1ccc2c(nnn2C)c1C. The molecule has 0 saturated heterocycles. The summed E-state index contributed by atoms with van der Waals surface area (Å²) in [6.45, 7) is 8.95. The molecule has 0 radical (unpaired) electrons. The van der Waals surface area contributed by atoms with Gasteiger partial charge in [0.25, 0.3) is 0 Å². The monoisotopic (exact) mass is 541 g/mol. The van der Waals surface area contributed by atoms with Crippen molar-refractivity contribution in [2.75, 3.05) is 7.11 Å². The number of nitrogens with zero attached hydrogens (tertiary/aromatic N) is 5. The number of carbonyl (C=O) groups excluding carboxylic acids is 1. The van der Waals surface area contributed by atoms with Gasteiger partial charge < -0.3 is 9.30 Å². The Hall–Kier alpha value is -3.48. The molecular formula is C33H43N5O2.